The van der Waals surface area contributed by atoms with E-state index in [4.69, 9.17) is 5.73 Å². The molecule has 0 amide bonds. The van der Waals surface area contributed by atoms with E-state index < -0.39 is 0 Å². The average molecular weight is 431 g/mol. The first-order chi connectivity index (χ1) is 10.8. The molecule has 1 aliphatic heterocycles. The number of hydrogen-bond donors (Lipinski definition) is 2. The highest BCUT2D eigenvalue weighted by Crippen LogP contribution is 2.05. The number of guanidine groups is 1. The van der Waals surface area contributed by atoms with Crippen molar-refractivity contribution in [3.05, 3.63) is 30.3 Å². The Morgan fingerprint density at radius 2 is 1.74 bits per heavy atom. The molecule has 0 radical (unpaired) electrons. The molecule has 0 atom stereocenters. The maximum atomic E-state index is 5.88. The number of nitrogens with zero attached hydrogens (tertiary/aromatic N) is 3. The largest absolute Gasteiger partial charge is 0.370 e. The van der Waals surface area contributed by atoms with Crippen LogP contribution >= 0.6 is 24.0 Å². The van der Waals surface area contributed by atoms with Crippen LogP contribution in [0.3, 0.4) is 0 Å². The summed E-state index contributed by atoms with van der Waals surface area (Å²) in [6.07, 6.45) is 2.28. The van der Waals surface area contributed by atoms with Crippen LogP contribution in [0.4, 0.5) is 5.69 Å². The summed E-state index contributed by atoms with van der Waals surface area (Å²) in [5.74, 6) is 0.503. The molecule has 6 heteroatoms. The molecule has 1 saturated heterocycles. The lowest BCUT2D eigenvalue weighted by molar-refractivity contribution is 0.136. The Labute approximate surface area is 157 Å². The van der Waals surface area contributed by atoms with E-state index in [1.165, 1.54) is 45.7 Å². The Morgan fingerprint density at radius 3 is 2.39 bits per heavy atom. The second-order valence-electron chi connectivity index (χ2n) is 5.74. The molecule has 0 aromatic heterocycles. The second-order valence-corrected chi connectivity index (χ2v) is 5.74. The number of aliphatic imine (C=N–C) groups is 1. The summed E-state index contributed by atoms with van der Waals surface area (Å²) < 4.78 is 0. The van der Waals surface area contributed by atoms with E-state index in [0.717, 1.165) is 18.7 Å². The molecule has 0 aliphatic carbocycles. The Bertz CT molecular complexity index is 444. The lowest BCUT2D eigenvalue weighted by Gasteiger charge is -2.33. The van der Waals surface area contributed by atoms with Gasteiger partial charge in [0.15, 0.2) is 5.96 Å². The molecule has 130 valence electrons. The minimum atomic E-state index is 0. The van der Waals surface area contributed by atoms with Crippen LogP contribution in [-0.4, -0.2) is 61.6 Å². The molecule has 5 nitrogen and oxygen atoms in total. The molecule has 1 fully saturated rings. The average Bonchev–Trinajstić information content (AvgIpc) is 2.56. The van der Waals surface area contributed by atoms with Gasteiger partial charge in [-0.3, -0.25) is 4.99 Å². The molecule has 0 unspecified atom stereocenters. The van der Waals surface area contributed by atoms with Gasteiger partial charge >= 0.3 is 0 Å². The highest BCUT2D eigenvalue weighted by Gasteiger charge is 2.14. The number of rotatable bonds is 7. The van der Waals surface area contributed by atoms with Gasteiger partial charge in [-0.2, -0.15) is 0 Å². The Kier molecular flexibility index (Phi) is 10.2. The van der Waals surface area contributed by atoms with Crippen LogP contribution in [0.2, 0.25) is 0 Å². The SMILES string of the molecule is CCN1CCN(CCCCN=C(N)Nc2ccccc2)CC1.I. The number of benzene rings is 1. The summed E-state index contributed by atoms with van der Waals surface area (Å²) in [5, 5.41) is 3.11. The first-order valence-electron chi connectivity index (χ1n) is 8.34. The van der Waals surface area contributed by atoms with Crippen LogP contribution in [0.15, 0.2) is 35.3 Å². The molecule has 0 bridgehead atoms. The fourth-order valence-corrected chi connectivity index (χ4v) is 2.68. The van der Waals surface area contributed by atoms with Crippen molar-refractivity contribution in [3.8, 4) is 0 Å². The first-order valence-corrected chi connectivity index (χ1v) is 8.34. The summed E-state index contributed by atoms with van der Waals surface area (Å²) in [5.41, 5.74) is 6.87. The highest BCUT2D eigenvalue weighted by molar-refractivity contribution is 14.0. The molecule has 1 heterocycles. The van der Waals surface area contributed by atoms with Crippen LogP contribution in [-0.2, 0) is 0 Å². The van der Waals surface area contributed by atoms with E-state index >= 15 is 0 Å². The fourth-order valence-electron chi connectivity index (χ4n) is 2.68. The van der Waals surface area contributed by atoms with Gasteiger partial charge in [-0.25, -0.2) is 0 Å². The van der Waals surface area contributed by atoms with Crippen LogP contribution in [0, 0.1) is 0 Å². The minimum absolute atomic E-state index is 0. The number of nitrogens with two attached hydrogens (primary N) is 1. The number of nitrogens with one attached hydrogen (secondary N) is 1. The van der Waals surface area contributed by atoms with Crippen molar-refractivity contribution in [2.24, 2.45) is 10.7 Å². The summed E-state index contributed by atoms with van der Waals surface area (Å²) in [7, 11) is 0. The zero-order valence-corrected chi connectivity index (χ0v) is 16.4. The lowest BCUT2D eigenvalue weighted by Crippen LogP contribution is -2.46. The van der Waals surface area contributed by atoms with Crippen LogP contribution < -0.4 is 11.1 Å². The molecule has 3 N–H and O–H groups in total. The monoisotopic (exact) mass is 431 g/mol. The second kappa shape index (κ2) is 11.6. The molecule has 0 saturated carbocycles. The van der Waals surface area contributed by atoms with Crippen LogP contribution in [0.25, 0.3) is 0 Å². The van der Waals surface area contributed by atoms with Crippen molar-refractivity contribution >= 4 is 35.6 Å². The topological polar surface area (TPSA) is 56.9 Å². The summed E-state index contributed by atoms with van der Waals surface area (Å²) >= 11 is 0. The number of anilines is 1. The normalized spacial score (nSPS) is 16.8. The molecule has 1 aromatic rings. The molecule has 23 heavy (non-hydrogen) atoms. The molecular weight excluding hydrogens is 401 g/mol. The smallest absolute Gasteiger partial charge is 0.193 e. The zero-order valence-electron chi connectivity index (χ0n) is 14.1. The molecule has 0 spiro atoms. The van der Waals surface area contributed by atoms with Crippen molar-refractivity contribution in [3.63, 3.8) is 0 Å². The van der Waals surface area contributed by atoms with E-state index in [1.807, 2.05) is 30.3 Å². The first kappa shape index (κ1) is 20.2. The van der Waals surface area contributed by atoms with Crippen molar-refractivity contribution < 1.29 is 0 Å². The van der Waals surface area contributed by atoms with Gasteiger partial charge < -0.3 is 20.9 Å². The van der Waals surface area contributed by atoms with E-state index in [0.29, 0.717) is 5.96 Å². The summed E-state index contributed by atoms with van der Waals surface area (Å²) in [4.78, 5) is 9.45. The third-order valence-corrected chi connectivity index (χ3v) is 4.12. The number of unbranched alkanes of at least 4 members (excludes halogenated alkanes) is 1. The van der Waals surface area contributed by atoms with Gasteiger partial charge in [0.25, 0.3) is 0 Å². The quantitative estimate of drug-likeness (QED) is 0.302. The molecule has 1 aromatic carbocycles. The van der Waals surface area contributed by atoms with Gasteiger partial charge in [-0.15, -0.1) is 24.0 Å². The van der Waals surface area contributed by atoms with Crippen molar-refractivity contribution in [1.29, 1.82) is 0 Å². The predicted octanol–water partition coefficient (Wildman–Crippen LogP) is 2.45. The minimum Gasteiger partial charge on any atom is -0.370 e. The van der Waals surface area contributed by atoms with E-state index in [-0.39, 0.29) is 24.0 Å². The fraction of sp³-hybridized carbons (Fsp3) is 0.588. The van der Waals surface area contributed by atoms with E-state index in [2.05, 4.69) is 27.0 Å². The zero-order chi connectivity index (χ0) is 15.6. The van der Waals surface area contributed by atoms with Crippen molar-refractivity contribution in [2.45, 2.75) is 19.8 Å². The number of para-hydroxylation sites is 1. The van der Waals surface area contributed by atoms with Gasteiger partial charge in [0.2, 0.25) is 0 Å². The van der Waals surface area contributed by atoms with E-state index in [1.54, 1.807) is 0 Å². The number of hydrogen-bond acceptors (Lipinski definition) is 3. The Hall–Kier alpha value is -0.860. The number of piperazine rings is 1. The number of halogens is 1. The van der Waals surface area contributed by atoms with Gasteiger partial charge in [-0.1, -0.05) is 25.1 Å². The lowest BCUT2D eigenvalue weighted by atomic mass is 10.2. The number of likely N-dealkylation sites (N-methyl/N-ethyl adjacent to an activating group) is 1. The van der Waals surface area contributed by atoms with Crippen molar-refractivity contribution in [2.75, 3.05) is 51.1 Å². The highest BCUT2D eigenvalue weighted by atomic mass is 127. The Balaban J connectivity index is 0.00000264. The van der Waals surface area contributed by atoms with Gasteiger partial charge in [0, 0.05) is 38.4 Å². The van der Waals surface area contributed by atoms with Crippen LogP contribution in [0.5, 0.6) is 0 Å². The maximum Gasteiger partial charge on any atom is 0.193 e. The summed E-state index contributed by atoms with van der Waals surface area (Å²) in [6, 6.07) is 9.91. The summed E-state index contributed by atoms with van der Waals surface area (Å²) in [6.45, 7) is 10.2. The molecular formula is C17H30IN5. The third-order valence-electron chi connectivity index (χ3n) is 4.12. The van der Waals surface area contributed by atoms with Crippen LogP contribution in [0.1, 0.15) is 19.8 Å². The third kappa shape index (κ3) is 7.99. The van der Waals surface area contributed by atoms with Crippen molar-refractivity contribution in [1.82, 2.24) is 9.80 Å². The van der Waals surface area contributed by atoms with Gasteiger partial charge in [-0.05, 0) is 38.1 Å². The maximum absolute atomic E-state index is 5.88. The standard InChI is InChI=1S/C17H29N5.HI/c1-2-21-12-14-22(15-13-21)11-7-6-10-19-17(18)20-16-8-4-3-5-9-16;/h3-5,8-9H,2,6-7,10-15H2,1H3,(H3,18,19,20);1H. The Morgan fingerprint density at radius 1 is 1.09 bits per heavy atom. The molecule has 1 aliphatic rings. The van der Waals surface area contributed by atoms with Gasteiger partial charge in [0.05, 0.1) is 0 Å². The molecule has 2 rings (SSSR count). The van der Waals surface area contributed by atoms with E-state index in [9.17, 15) is 0 Å². The predicted molar refractivity (Wildman–Crippen MR) is 110 cm³/mol. The van der Waals surface area contributed by atoms with Gasteiger partial charge in [0.1, 0.15) is 0 Å².